The summed E-state index contributed by atoms with van der Waals surface area (Å²) in [6, 6.07) is 8.62. The van der Waals surface area contributed by atoms with E-state index in [0.717, 1.165) is 31.7 Å². The second-order valence-electron chi connectivity index (χ2n) is 10.6. The average Bonchev–Trinajstić information content (AvgIpc) is 3.68. The fraction of sp³-hybridized carbons (Fsp3) is 0.333. The third-order valence-corrected chi connectivity index (χ3v) is 8.17. The van der Waals surface area contributed by atoms with Gasteiger partial charge in [-0.15, -0.1) is 0 Å². The van der Waals surface area contributed by atoms with Crippen LogP contribution >= 0.6 is 0 Å². The number of carbonyl (C=O) groups is 1. The Morgan fingerprint density at radius 2 is 2.00 bits per heavy atom. The number of rotatable bonds is 6. The molecule has 0 saturated carbocycles. The van der Waals surface area contributed by atoms with Crippen molar-refractivity contribution in [3.05, 3.63) is 82.4 Å². The zero-order valence-corrected chi connectivity index (χ0v) is 22.0. The van der Waals surface area contributed by atoms with Gasteiger partial charge in [-0.3, -0.25) is 19.6 Å². The molecular weight excluding hydrogens is 511 g/mol. The van der Waals surface area contributed by atoms with Gasteiger partial charge in [0.2, 0.25) is 5.43 Å². The summed E-state index contributed by atoms with van der Waals surface area (Å²) in [5.41, 5.74) is 1.78. The Balaban J connectivity index is 1.30. The van der Waals surface area contributed by atoms with E-state index in [-0.39, 0.29) is 22.6 Å². The summed E-state index contributed by atoms with van der Waals surface area (Å²) in [6.45, 7) is 4.37. The molecule has 0 aliphatic carbocycles. The van der Waals surface area contributed by atoms with Crippen LogP contribution in [0.4, 0.5) is 10.1 Å². The van der Waals surface area contributed by atoms with Gasteiger partial charge in [0.25, 0.3) is 5.91 Å². The number of fused-ring (bicyclic) bond motifs is 2. The summed E-state index contributed by atoms with van der Waals surface area (Å²) >= 11 is 0. The van der Waals surface area contributed by atoms with Crippen LogP contribution < -0.4 is 20.4 Å². The van der Waals surface area contributed by atoms with Crippen molar-refractivity contribution in [2.75, 3.05) is 44.2 Å². The monoisotopic (exact) mass is 540 g/mol. The molecule has 0 spiro atoms. The van der Waals surface area contributed by atoms with Crippen molar-refractivity contribution in [1.82, 2.24) is 24.8 Å². The van der Waals surface area contributed by atoms with Gasteiger partial charge < -0.3 is 24.4 Å². The van der Waals surface area contributed by atoms with Gasteiger partial charge >= 0.3 is 0 Å². The first-order valence-electron chi connectivity index (χ1n) is 13.8. The largest absolute Gasteiger partial charge is 0.451 e. The van der Waals surface area contributed by atoms with E-state index in [1.807, 2.05) is 23.1 Å². The Bertz CT molecular complexity index is 1670. The van der Waals surface area contributed by atoms with Crippen molar-refractivity contribution >= 4 is 22.5 Å². The van der Waals surface area contributed by atoms with E-state index in [4.69, 9.17) is 4.74 Å². The molecule has 0 radical (unpaired) electrons. The number of carbonyl (C=O) groups excluding carboxylic acids is 1. The third kappa shape index (κ3) is 4.19. The Kier molecular flexibility index (Phi) is 6.19. The molecule has 1 amide bonds. The highest BCUT2D eigenvalue weighted by molar-refractivity contribution is 6.01. The molecule has 0 bridgehead atoms. The lowest BCUT2D eigenvalue weighted by molar-refractivity contribution is 0.0948. The summed E-state index contributed by atoms with van der Waals surface area (Å²) < 4.78 is 24.1. The molecule has 204 valence electrons. The highest BCUT2D eigenvalue weighted by atomic mass is 19.1. The molecule has 10 heteroatoms. The number of hydrogen-bond acceptors (Lipinski definition) is 7. The number of likely N-dealkylation sites (tertiary alicyclic amines) is 1. The number of para-hydroxylation sites is 2. The van der Waals surface area contributed by atoms with Crippen LogP contribution in [0.5, 0.6) is 11.5 Å². The standard InChI is InChI=1S/C30H29FN6O3/c31-22-15-20-26-29(27(22)36-13-7-19(17-36)23-16-32-8-9-33-23)40-25-6-2-1-5-24(25)37(26)18-21(28(20)38)30(39)34-10-14-35-11-3-4-12-35/h1-2,5-6,8-9,15-16,18-19H,3-4,7,10-14,17H2,(H,34,39). The van der Waals surface area contributed by atoms with E-state index in [1.165, 1.54) is 18.9 Å². The summed E-state index contributed by atoms with van der Waals surface area (Å²) in [5.74, 6) is -0.114. The van der Waals surface area contributed by atoms with Gasteiger partial charge in [-0.2, -0.15) is 0 Å². The number of pyridine rings is 1. The molecule has 2 saturated heterocycles. The number of anilines is 1. The van der Waals surface area contributed by atoms with E-state index in [9.17, 15) is 9.59 Å². The highest BCUT2D eigenvalue weighted by Crippen LogP contribution is 2.47. The van der Waals surface area contributed by atoms with Crippen LogP contribution in [0.25, 0.3) is 16.6 Å². The van der Waals surface area contributed by atoms with Crippen molar-refractivity contribution < 1.29 is 13.9 Å². The minimum Gasteiger partial charge on any atom is -0.451 e. The van der Waals surface area contributed by atoms with E-state index in [0.29, 0.717) is 42.3 Å². The van der Waals surface area contributed by atoms with Crippen LogP contribution in [0.2, 0.25) is 0 Å². The summed E-state index contributed by atoms with van der Waals surface area (Å²) in [4.78, 5) is 39.7. The van der Waals surface area contributed by atoms with E-state index < -0.39 is 17.2 Å². The quantitative estimate of drug-likeness (QED) is 0.350. The van der Waals surface area contributed by atoms with Crippen LogP contribution in [0.15, 0.2) is 59.9 Å². The van der Waals surface area contributed by atoms with Crippen LogP contribution in [-0.4, -0.2) is 64.6 Å². The Hall–Kier alpha value is -4.31. The first-order valence-corrected chi connectivity index (χ1v) is 13.8. The van der Waals surface area contributed by atoms with Crippen molar-refractivity contribution in [3.8, 4) is 17.2 Å². The summed E-state index contributed by atoms with van der Waals surface area (Å²) in [7, 11) is 0. The van der Waals surface area contributed by atoms with E-state index in [1.54, 1.807) is 35.4 Å². The van der Waals surface area contributed by atoms with Gasteiger partial charge in [-0.1, -0.05) is 12.1 Å². The van der Waals surface area contributed by atoms with Crippen LogP contribution in [0.1, 0.15) is 41.2 Å². The molecule has 3 aliphatic rings. The smallest absolute Gasteiger partial charge is 0.256 e. The number of nitrogens with zero attached hydrogens (tertiary/aromatic N) is 5. The lowest BCUT2D eigenvalue weighted by Crippen LogP contribution is -2.36. The zero-order valence-electron chi connectivity index (χ0n) is 22.0. The normalized spacial score (nSPS) is 18.1. The molecule has 40 heavy (non-hydrogen) atoms. The first kappa shape index (κ1) is 24.7. The number of nitrogens with one attached hydrogen (secondary N) is 1. The molecular formula is C30H29FN6O3. The maximum atomic E-state index is 16.0. The molecule has 1 N–H and O–H groups in total. The fourth-order valence-corrected chi connectivity index (χ4v) is 6.17. The molecule has 3 aliphatic heterocycles. The van der Waals surface area contributed by atoms with Gasteiger partial charge in [-0.05, 0) is 50.6 Å². The number of hydrogen-bond donors (Lipinski definition) is 1. The maximum absolute atomic E-state index is 16.0. The van der Waals surface area contributed by atoms with Gasteiger partial charge in [0, 0.05) is 56.9 Å². The predicted octanol–water partition coefficient (Wildman–Crippen LogP) is 3.85. The minimum absolute atomic E-state index is 0.0207. The Morgan fingerprint density at radius 3 is 2.83 bits per heavy atom. The second-order valence-corrected chi connectivity index (χ2v) is 10.6. The van der Waals surface area contributed by atoms with Gasteiger partial charge in [0.15, 0.2) is 17.3 Å². The predicted molar refractivity (Wildman–Crippen MR) is 149 cm³/mol. The lowest BCUT2D eigenvalue weighted by Gasteiger charge is -2.29. The molecule has 5 heterocycles. The van der Waals surface area contributed by atoms with Crippen LogP contribution in [0, 0.1) is 5.82 Å². The highest BCUT2D eigenvalue weighted by Gasteiger charge is 2.34. The Morgan fingerprint density at radius 1 is 1.15 bits per heavy atom. The van der Waals surface area contributed by atoms with Gasteiger partial charge in [0.05, 0.1) is 16.8 Å². The van der Waals surface area contributed by atoms with Gasteiger partial charge in [0.1, 0.15) is 16.8 Å². The number of halogens is 1. The molecule has 1 unspecified atom stereocenters. The van der Waals surface area contributed by atoms with Crippen LogP contribution in [0.3, 0.4) is 0 Å². The maximum Gasteiger partial charge on any atom is 0.256 e. The first-order chi connectivity index (χ1) is 19.6. The van der Waals surface area contributed by atoms with E-state index in [2.05, 4.69) is 20.2 Å². The molecule has 1 atom stereocenters. The lowest BCUT2D eigenvalue weighted by atomic mass is 10.0. The van der Waals surface area contributed by atoms with Crippen molar-refractivity contribution in [3.63, 3.8) is 0 Å². The van der Waals surface area contributed by atoms with E-state index >= 15 is 4.39 Å². The SMILES string of the molecule is O=C(NCCN1CCCC1)c1cn2c3c(c(N4CCC(c5cnccn5)C4)c(F)cc3c1=O)Oc1ccccc1-2. The van der Waals surface area contributed by atoms with Crippen molar-refractivity contribution in [1.29, 1.82) is 0 Å². The molecule has 4 aromatic rings. The third-order valence-electron chi connectivity index (χ3n) is 8.17. The molecule has 2 aromatic heterocycles. The number of aromatic nitrogens is 3. The van der Waals surface area contributed by atoms with Crippen LogP contribution in [-0.2, 0) is 0 Å². The minimum atomic E-state index is -0.558. The zero-order chi connectivity index (χ0) is 27.2. The summed E-state index contributed by atoms with van der Waals surface area (Å²) in [6.07, 6.45) is 9.73. The van der Waals surface area contributed by atoms with Gasteiger partial charge in [-0.25, -0.2) is 4.39 Å². The van der Waals surface area contributed by atoms with Crippen molar-refractivity contribution in [2.24, 2.45) is 0 Å². The molecule has 9 nitrogen and oxygen atoms in total. The second kappa shape index (κ2) is 10.0. The van der Waals surface area contributed by atoms with Crippen molar-refractivity contribution in [2.45, 2.75) is 25.2 Å². The fourth-order valence-electron chi connectivity index (χ4n) is 6.17. The number of benzene rings is 2. The number of amides is 1. The molecule has 7 rings (SSSR count). The average molecular weight is 541 g/mol. The Labute approximate surface area is 230 Å². The molecule has 2 fully saturated rings. The molecule has 2 aromatic carbocycles. The number of ether oxygens (including phenoxy) is 1. The summed E-state index contributed by atoms with van der Waals surface area (Å²) in [5, 5.41) is 3.01. The topological polar surface area (TPSA) is 92.6 Å².